The van der Waals surface area contributed by atoms with Crippen LogP contribution in [0.4, 0.5) is 0 Å². The maximum Gasteiger partial charge on any atom is 0.239 e. The van der Waals surface area contributed by atoms with Gasteiger partial charge in [-0.05, 0) is 24.0 Å². The molecule has 0 spiro atoms. The van der Waals surface area contributed by atoms with Gasteiger partial charge >= 0.3 is 0 Å². The van der Waals surface area contributed by atoms with Gasteiger partial charge in [0, 0.05) is 19.0 Å². The fraction of sp³-hybridized carbons (Fsp3) is 0.381. The van der Waals surface area contributed by atoms with E-state index in [9.17, 15) is 4.79 Å². The van der Waals surface area contributed by atoms with Crippen LogP contribution < -0.4 is 5.73 Å². The van der Waals surface area contributed by atoms with E-state index >= 15 is 0 Å². The Morgan fingerprint density at radius 2 is 1.69 bits per heavy atom. The van der Waals surface area contributed by atoms with E-state index in [4.69, 9.17) is 10.5 Å². The zero-order valence-electron chi connectivity index (χ0n) is 14.9. The Morgan fingerprint density at radius 3 is 2.35 bits per heavy atom. The number of benzene rings is 2. The standard InChI is InChI=1S/C21H26N2O2.ClH/c22-20(13-17-7-3-1-4-8-17)21(24)23-12-11-19(14-23)16-25-15-18-9-5-2-6-10-18;/h1-10,19-20H,11-16,22H2;1H/t19?,20-;/m0./s1. The molecule has 1 fully saturated rings. The van der Waals surface area contributed by atoms with Crippen molar-refractivity contribution in [2.75, 3.05) is 19.7 Å². The number of hydrogen-bond acceptors (Lipinski definition) is 3. The van der Waals surface area contributed by atoms with E-state index < -0.39 is 6.04 Å². The first-order chi connectivity index (χ1) is 12.2. The van der Waals surface area contributed by atoms with Crippen LogP contribution in [-0.4, -0.2) is 36.5 Å². The van der Waals surface area contributed by atoms with Gasteiger partial charge in [-0.3, -0.25) is 4.79 Å². The third kappa shape index (κ3) is 5.84. The van der Waals surface area contributed by atoms with Gasteiger partial charge in [-0.1, -0.05) is 60.7 Å². The summed E-state index contributed by atoms with van der Waals surface area (Å²) >= 11 is 0. The monoisotopic (exact) mass is 374 g/mol. The molecule has 5 heteroatoms. The van der Waals surface area contributed by atoms with E-state index in [1.54, 1.807) is 0 Å². The van der Waals surface area contributed by atoms with Gasteiger partial charge in [0.2, 0.25) is 5.91 Å². The van der Waals surface area contributed by atoms with E-state index in [2.05, 4.69) is 12.1 Å². The van der Waals surface area contributed by atoms with Gasteiger partial charge < -0.3 is 15.4 Å². The van der Waals surface area contributed by atoms with E-state index in [0.717, 1.165) is 25.1 Å². The Morgan fingerprint density at radius 1 is 1.08 bits per heavy atom. The van der Waals surface area contributed by atoms with Gasteiger partial charge in [-0.15, -0.1) is 12.4 Å². The minimum absolute atomic E-state index is 0. The molecule has 140 valence electrons. The number of carbonyl (C=O) groups is 1. The first-order valence-corrected chi connectivity index (χ1v) is 8.92. The highest BCUT2D eigenvalue weighted by molar-refractivity contribution is 5.85. The normalized spacial score (nSPS) is 17.6. The Kier molecular flexibility index (Phi) is 8.10. The van der Waals surface area contributed by atoms with Crippen LogP contribution in [0.1, 0.15) is 17.5 Å². The molecule has 0 aliphatic carbocycles. The van der Waals surface area contributed by atoms with E-state index in [1.165, 1.54) is 5.56 Å². The maximum atomic E-state index is 12.6. The lowest BCUT2D eigenvalue weighted by Crippen LogP contribution is -2.44. The molecular formula is C21H27ClN2O2. The summed E-state index contributed by atoms with van der Waals surface area (Å²) in [5.41, 5.74) is 8.41. The van der Waals surface area contributed by atoms with Crippen LogP contribution in [0.5, 0.6) is 0 Å². The predicted octanol–water partition coefficient (Wildman–Crippen LogP) is 3.04. The van der Waals surface area contributed by atoms with Gasteiger partial charge in [0.05, 0.1) is 19.3 Å². The number of halogens is 1. The number of carbonyl (C=O) groups excluding carboxylic acids is 1. The number of nitrogens with two attached hydrogens (primary N) is 1. The molecule has 1 aliphatic rings. The molecule has 2 aromatic rings. The van der Waals surface area contributed by atoms with Crippen LogP contribution in [-0.2, 0) is 22.6 Å². The molecule has 2 N–H and O–H groups in total. The molecule has 1 heterocycles. The molecule has 1 saturated heterocycles. The average molecular weight is 375 g/mol. The second kappa shape index (κ2) is 10.3. The van der Waals surface area contributed by atoms with Gasteiger partial charge in [-0.2, -0.15) is 0 Å². The molecule has 0 aromatic heterocycles. The molecule has 2 aromatic carbocycles. The Bertz CT molecular complexity index is 666. The van der Waals surface area contributed by atoms with Crippen molar-refractivity contribution in [2.45, 2.75) is 25.5 Å². The second-order valence-electron chi connectivity index (χ2n) is 6.74. The first-order valence-electron chi connectivity index (χ1n) is 8.92. The zero-order valence-corrected chi connectivity index (χ0v) is 15.7. The summed E-state index contributed by atoms with van der Waals surface area (Å²) in [7, 11) is 0. The summed E-state index contributed by atoms with van der Waals surface area (Å²) < 4.78 is 5.82. The highest BCUT2D eigenvalue weighted by atomic mass is 35.5. The van der Waals surface area contributed by atoms with Crippen molar-refractivity contribution >= 4 is 18.3 Å². The Hall–Kier alpha value is -1.88. The quantitative estimate of drug-likeness (QED) is 0.810. The average Bonchev–Trinajstić information content (AvgIpc) is 3.11. The maximum absolute atomic E-state index is 12.6. The van der Waals surface area contributed by atoms with Crippen LogP contribution in [0.15, 0.2) is 60.7 Å². The van der Waals surface area contributed by atoms with Gasteiger partial charge in [0.1, 0.15) is 0 Å². The van der Waals surface area contributed by atoms with Gasteiger partial charge in [-0.25, -0.2) is 0 Å². The molecule has 0 bridgehead atoms. The van der Waals surface area contributed by atoms with Crippen molar-refractivity contribution < 1.29 is 9.53 Å². The van der Waals surface area contributed by atoms with Crippen LogP contribution in [0.3, 0.4) is 0 Å². The van der Waals surface area contributed by atoms with Crippen molar-refractivity contribution in [3.63, 3.8) is 0 Å². The molecule has 2 atom stereocenters. The number of ether oxygens (including phenoxy) is 1. The predicted molar refractivity (Wildman–Crippen MR) is 106 cm³/mol. The molecule has 1 amide bonds. The Labute approximate surface area is 161 Å². The van der Waals surface area contributed by atoms with Crippen LogP contribution in [0.25, 0.3) is 0 Å². The van der Waals surface area contributed by atoms with E-state index in [1.807, 2.05) is 53.4 Å². The molecule has 3 rings (SSSR count). The van der Waals surface area contributed by atoms with Crippen molar-refractivity contribution in [1.29, 1.82) is 0 Å². The third-order valence-corrected chi connectivity index (χ3v) is 4.68. The number of rotatable bonds is 7. The third-order valence-electron chi connectivity index (χ3n) is 4.68. The lowest BCUT2D eigenvalue weighted by molar-refractivity contribution is -0.131. The minimum Gasteiger partial charge on any atom is -0.376 e. The SMILES string of the molecule is Cl.N[C@@H](Cc1ccccc1)C(=O)N1CCC(COCc2ccccc2)C1. The molecule has 26 heavy (non-hydrogen) atoms. The summed E-state index contributed by atoms with van der Waals surface area (Å²) in [4.78, 5) is 14.4. The van der Waals surface area contributed by atoms with Crippen molar-refractivity contribution in [1.82, 2.24) is 4.90 Å². The van der Waals surface area contributed by atoms with Crippen LogP contribution in [0, 0.1) is 5.92 Å². The van der Waals surface area contributed by atoms with Crippen molar-refractivity contribution in [3.8, 4) is 0 Å². The smallest absolute Gasteiger partial charge is 0.239 e. The fourth-order valence-corrected chi connectivity index (χ4v) is 3.28. The van der Waals surface area contributed by atoms with Crippen molar-refractivity contribution in [2.24, 2.45) is 11.7 Å². The van der Waals surface area contributed by atoms with Crippen LogP contribution in [0.2, 0.25) is 0 Å². The van der Waals surface area contributed by atoms with E-state index in [-0.39, 0.29) is 18.3 Å². The van der Waals surface area contributed by atoms with Gasteiger partial charge in [0.15, 0.2) is 0 Å². The summed E-state index contributed by atoms with van der Waals surface area (Å²) in [6, 6.07) is 19.6. The largest absolute Gasteiger partial charge is 0.376 e. The molecule has 4 nitrogen and oxygen atoms in total. The number of likely N-dealkylation sites (tertiary alicyclic amines) is 1. The minimum atomic E-state index is -0.466. The fourth-order valence-electron chi connectivity index (χ4n) is 3.28. The summed E-state index contributed by atoms with van der Waals surface area (Å²) in [6.07, 6.45) is 1.57. The summed E-state index contributed by atoms with van der Waals surface area (Å²) in [5.74, 6) is 0.450. The zero-order chi connectivity index (χ0) is 17.5. The number of amides is 1. The highest BCUT2D eigenvalue weighted by Crippen LogP contribution is 2.18. The number of nitrogens with zero attached hydrogens (tertiary/aromatic N) is 1. The van der Waals surface area contributed by atoms with E-state index in [0.29, 0.717) is 25.6 Å². The number of hydrogen-bond donors (Lipinski definition) is 1. The topological polar surface area (TPSA) is 55.6 Å². The molecule has 0 radical (unpaired) electrons. The molecule has 1 aliphatic heterocycles. The lowest BCUT2D eigenvalue weighted by Gasteiger charge is -2.21. The van der Waals surface area contributed by atoms with Gasteiger partial charge in [0.25, 0.3) is 0 Å². The Balaban J connectivity index is 0.00000243. The first kappa shape index (κ1) is 20.4. The summed E-state index contributed by atoms with van der Waals surface area (Å²) in [5, 5.41) is 0. The second-order valence-corrected chi connectivity index (χ2v) is 6.74. The summed E-state index contributed by atoms with van der Waals surface area (Å²) in [6.45, 7) is 2.84. The molecule has 1 unspecified atom stereocenters. The molecular weight excluding hydrogens is 348 g/mol. The van der Waals surface area contributed by atoms with Crippen LogP contribution >= 0.6 is 12.4 Å². The lowest BCUT2D eigenvalue weighted by atomic mass is 10.1. The van der Waals surface area contributed by atoms with Crippen molar-refractivity contribution in [3.05, 3.63) is 71.8 Å². The highest BCUT2D eigenvalue weighted by Gasteiger charge is 2.29. The molecule has 0 saturated carbocycles.